The molecule has 1 N–H and O–H groups in total. The number of halogens is 1. The van der Waals surface area contributed by atoms with E-state index in [1.807, 2.05) is 0 Å². The van der Waals surface area contributed by atoms with E-state index in [2.05, 4.69) is 24.1 Å². The van der Waals surface area contributed by atoms with Crippen LogP contribution in [0.3, 0.4) is 0 Å². The van der Waals surface area contributed by atoms with Crippen LogP contribution in [0.25, 0.3) is 0 Å². The van der Waals surface area contributed by atoms with Crippen molar-refractivity contribution >= 4 is 12.4 Å². The molecule has 0 radical (unpaired) electrons. The highest BCUT2D eigenvalue weighted by molar-refractivity contribution is 5.85. The van der Waals surface area contributed by atoms with Crippen LogP contribution in [-0.4, -0.2) is 4.98 Å². The van der Waals surface area contributed by atoms with Crippen LogP contribution >= 0.6 is 12.4 Å². The molecule has 0 aromatic carbocycles. The van der Waals surface area contributed by atoms with Gasteiger partial charge in [0.05, 0.1) is 12.2 Å². The number of fused-ring (bicyclic) bond motifs is 1. The van der Waals surface area contributed by atoms with Gasteiger partial charge in [0.2, 0.25) is 0 Å². The summed E-state index contributed by atoms with van der Waals surface area (Å²) in [7, 11) is 0. The summed E-state index contributed by atoms with van der Waals surface area (Å²) >= 11 is 0. The first-order valence-electron chi connectivity index (χ1n) is 3.96. The molecule has 4 heteroatoms. The predicted octanol–water partition coefficient (Wildman–Crippen LogP) is 1.82. The molecule has 0 fully saturated rings. The molecule has 0 saturated carbocycles. The third-order valence-corrected chi connectivity index (χ3v) is 1.87. The Morgan fingerprint density at radius 2 is 2.17 bits per heavy atom. The fraction of sp³-hybridized carbons (Fsp3) is 0.625. The first-order valence-corrected chi connectivity index (χ1v) is 3.96. The summed E-state index contributed by atoms with van der Waals surface area (Å²) in [5, 5.41) is 3.18. The first-order chi connectivity index (χ1) is 5.27. The number of aromatic nitrogens is 1. The molecule has 2 rings (SSSR count). The Morgan fingerprint density at radius 3 is 2.75 bits per heavy atom. The third kappa shape index (κ3) is 1.47. The summed E-state index contributed by atoms with van der Waals surface area (Å²) in [5.41, 5.74) is 1.09. The van der Waals surface area contributed by atoms with Crippen molar-refractivity contribution in [2.24, 2.45) is 0 Å². The van der Waals surface area contributed by atoms with E-state index in [-0.39, 0.29) is 12.4 Å². The van der Waals surface area contributed by atoms with Crippen LogP contribution in [0.1, 0.15) is 37.1 Å². The number of hydrogen-bond donors (Lipinski definition) is 1. The minimum atomic E-state index is 0. The molecule has 0 saturated heterocycles. The summed E-state index contributed by atoms with van der Waals surface area (Å²) in [6.07, 6.45) is 0. The highest BCUT2D eigenvalue weighted by Gasteiger charge is 2.18. The Morgan fingerprint density at radius 1 is 1.42 bits per heavy atom. The van der Waals surface area contributed by atoms with Gasteiger partial charge in [-0.15, -0.1) is 12.4 Å². The Bertz CT molecular complexity index is 249. The largest absolute Gasteiger partial charge is 0.444 e. The van der Waals surface area contributed by atoms with Crippen molar-refractivity contribution in [1.29, 1.82) is 0 Å². The fourth-order valence-electron chi connectivity index (χ4n) is 1.22. The summed E-state index contributed by atoms with van der Waals surface area (Å²) in [5.74, 6) is 2.30. The average molecular weight is 189 g/mol. The molecule has 0 spiro atoms. The van der Waals surface area contributed by atoms with Crippen molar-refractivity contribution in [2.45, 2.75) is 32.9 Å². The van der Waals surface area contributed by atoms with Gasteiger partial charge >= 0.3 is 0 Å². The van der Waals surface area contributed by atoms with Gasteiger partial charge in [-0.05, 0) is 0 Å². The van der Waals surface area contributed by atoms with Gasteiger partial charge in [-0.3, -0.25) is 0 Å². The smallest absolute Gasteiger partial charge is 0.197 e. The number of nitrogens with one attached hydrogen (secondary N) is 1. The van der Waals surface area contributed by atoms with E-state index in [9.17, 15) is 0 Å². The predicted molar refractivity (Wildman–Crippen MR) is 48.4 cm³/mol. The maximum atomic E-state index is 5.51. The van der Waals surface area contributed by atoms with Crippen LogP contribution in [0.4, 0.5) is 0 Å². The van der Waals surface area contributed by atoms with Crippen molar-refractivity contribution in [1.82, 2.24) is 10.3 Å². The second-order valence-corrected chi connectivity index (χ2v) is 3.18. The lowest BCUT2D eigenvalue weighted by Crippen LogP contribution is -2.02. The zero-order chi connectivity index (χ0) is 7.84. The zero-order valence-corrected chi connectivity index (χ0v) is 8.07. The van der Waals surface area contributed by atoms with Crippen molar-refractivity contribution in [3.63, 3.8) is 0 Å². The Kier molecular flexibility index (Phi) is 2.75. The molecule has 2 heterocycles. The second-order valence-electron chi connectivity index (χ2n) is 3.18. The molecule has 3 nitrogen and oxygen atoms in total. The van der Waals surface area contributed by atoms with E-state index < -0.39 is 0 Å². The van der Waals surface area contributed by atoms with Gasteiger partial charge in [0.1, 0.15) is 5.76 Å². The minimum Gasteiger partial charge on any atom is -0.444 e. The van der Waals surface area contributed by atoms with E-state index in [0.29, 0.717) is 5.92 Å². The number of hydrogen-bond acceptors (Lipinski definition) is 3. The van der Waals surface area contributed by atoms with E-state index >= 15 is 0 Å². The van der Waals surface area contributed by atoms with Gasteiger partial charge in [-0.2, -0.15) is 0 Å². The van der Waals surface area contributed by atoms with Gasteiger partial charge in [-0.25, -0.2) is 4.98 Å². The molecule has 0 amide bonds. The van der Waals surface area contributed by atoms with Crippen LogP contribution in [0.2, 0.25) is 0 Å². The van der Waals surface area contributed by atoms with Crippen molar-refractivity contribution in [3.8, 4) is 0 Å². The normalized spacial score (nSPS) is 14.6. The second kappa shape index (κ2) is 3.46. The van der Waals surface area contributed by atoms with Crippen LogP contribution in [0.5, 0.6) is 0 Å². The SMILES string of the molecule is CC(C)c1nc2c(o1)CNC2.Cl. The molecular weight excluding hydrogens is 176 g/mol. The molecule has 0 unspecified atom stereocenters. The Labute approximate surface area is 78.0 Å². The molecule has 1 aromatic rings. The maximum absolute atomic E-state index is 5.51. The number of nitrogens with zero attached hydrogens (tertiary/aromatic N) is 1. The van der Waals surface area contributed by atoms with Gasteiger partial charge in [0.25, 0.3) is 0 Å². The molecule has 12 heavy (non-hydrogen) atoms. The lowest BCUT2D eigenvalue weighted by Gasteiger charge is -1.96. The van der Waals surface area contributed by atoms with Crippen LogP contribution < -0.4 is 5.32 Å². The van der Waals surface area contributed by atoms with E-state index in [0.717, 1.165) is 30.4 Å². The molecular formula is C8H13ClN2O. The zero-order valence-electron chi connectivity index (χ0n) is 7.26. The summed E-state index contributed by atoms with van der Waals surface area (Å²) in [6, 6.07) is 0. The molecule has 1 aliphatic rings. The van der Waals surface area contributed by atoms with Gasteiger partial charge < -0.3 is 9.73 Å². The van der Waals surface area contributed by atoms with Crippen molar-refractivity contribution in [2.75, 3.05) is 0 Å². The maximum Gasteiger partial charge on any atom is 0.197 e. The molecule has 0 atom stereocenters. The van der Waals surface area contributed by atoms with Gasteiger partial charge in [-0.1, -0.05) is 13.8 Å². The average Bonchev–Trinajstić information content (AvgIpc) is 2.40. The molecule has 68 valence electrons. The fourth-order valence-corrected chi connectivity index (χ4v) is 1.22. The lowest BCUT2D eigenvalue weighted by atomic mass is 10.2. The molecule has 0 bridgehead atoms. The standard InChI is InChI=1S/C8H12N2O.ClH/c1-5(2)8-10-6-3-9-4-7(6)11-8;/h5,9H,3-4H2,1-2H3;1H. The number of rotatable bonds is 1. The van der Waals surface area contributed by atoms with Crippen LogP contribution in [-0.2, 0) is 13.1 Å². The van der Waals surface area contributed by atoms with E-state index in [1.165, 1.54) is 0 Å². The Balaban J connectivity index is 0.000000720. The van der Waals surface area contributed by atoms with Crippen molar-refractivity contribution in [3.05, 3.63) is 17.3 Å². The summed E-state index contributed by atoms with van der Waals surface area (Å²) in [6.45, 7) is 5.89. The monoisotopic (exact) mass is 188 g/mol. The minimum absolute atomic E-state index is 0. The first kappa shape index (κ1) is 9.55. The third-order valence-electron chi connectivity index (χ3n) is 1.87. The van der Waals surface area contributed by atoms with Crippen LogP contribution in [0.15, 0.2) is 4.42 Å². The van der Waals surface area contributed by atoms with E-state index in [1.54, 1.807) is 0 Å². The number of oxazole rings is 1. The van der Waals surface area contributed by atoms with E-state index in [4.69, 9.17) is 4.42 Å². The van der Waals surface area contributed by atoms with Crippen LogP contribution in [0, 0.1) is 0 Å². The van der Waals surface area contributed by atoms with Gasteiger partial charge in [0, 0.05) is 12.5 Å². The van der Waals surface area contributed by atoms with Gasteiger partial charge in [0.15, 0.2) is 5.89 Å². The molecule has 1 aromatic heterocycles. The highest BCUT2D eigenvalue weighted by Crippen LogP contribution is 2.20. The van der Waals surface area contributed by atoms with Crippen molar-refractivity contribution < 1.29 is 4.42 Å². The quantitative estimate of drug-likeness (QED) is 0.731. The Hall–Kier alpha value is -0.540. The molecule has 1 aliphatic heterocycles. The summed E-state index contributed by atoms with van der Waals surface area (Å²) < 4.78 is 5.51. The summed E-state index contributed by atoms with van der Waals surface area (Å²) in [4.78, 5) is 4.36. The molecule has 0 aliphatic carbocycles. The topological polar surface area (TPSA) is 38.1 Å². The highest BCUT2D eigenvalue weighted by atomic mass is 35.5. The lowest BCUT2D eigenvalue weighted by molar-refractivity contribution is 0.431.